The van der Waals surface area contributed by atoms with Crippen LogP contribution in [0, 0.1) is 5.82 Å². The van der Waals surface area contributed by atoms with Gasteiger partial charge in [-0.1, -0.05) is 0 Å². The Labute approximate surface area is 88.7 Å². The quantitative estimate of drug-likeness (QED) is 0.789. The van der Waals surface area contributed by atoms with E-state index in [1.54, 1.807) is 6.92 Å². The summed E-state index contributed by atoms with van der Waals surface area (Å²) in [5.41, 5.74) is 5.98. The van der Waals surface area contributed by atoms with Crippen molar-refractivity contribution in [2.24, 2.45) is 5.73 Å². The zero-order valence-corrected chi connectivity index (χ0v) is 8.68. The van der Waals surface area contributed by atoms with Gasteiger partial charge in [0.05, 0.1) is 0 Å². The van der Waals surface area contributed by atoms with E-state index in [-0.39, 0.29) is 30.0 Å². The standard InChI is InChI=1S/C10H12FNO.ClH/c1-7(12)6-10(13)8-2-4-9(11)5-3-8;/h2-5,7H,6,12H2,1H3;1H. The maximum atomic E-state index is 12.5. The zero-order valence-electron chi connectivity index (χ0n) is 7.87. The summed E-state index contributed by atoms with van der Waals surface area (Å²) in [4.78, 5) is 11.4. The topological polar surface area (TPSA) is 43.1 Å². The lowest BCUT2D eigenvalue weighted by Gasteiger charge is -2.03. The van der Waals surface area contributed by atoms with Gasteiger partial charge in [-0.15, -0.1) is 12.4 Å². The minimum atomic E-state index is -0.336. The third-order valence-electron chi connectivity index (χ3n) is 1.67. The van der Waals surface area contributed by atoms with Crippen LogP contribution in [0.3, 0.4) is 0 Å². The minimum Gasteiger partial charge on any atom is -0.328 e. The second-order valence-electron chi connectivity index (χ2n) is 3.11. The molecule has 0 aliphatic rings. The first-order valence-electron chi connectivity index (χ1n) is 4.14. The number of halogens is 2. The molecule has 0 saturated heterocycles. The molecule has 0 heterocycles. The maximum absolute atomic E-state index is 12.5. The second-order valence-corrected chi connectivity index (χ2v) is 3.11. The smallest absolute Gasteiger partial charge is 0.164 e. The van der Waals surface area contributed by atoms with Crippen molar-refractivity contribution in [2.75, 3.05) is 0 Å². The fourth-order valence-electron chi connectivity index (χ4n) is 1.05. The molecule has 1 aromatic carbocycles. The van der Waals surface area contributed by atoms with Crippen LogP contribution in [0.25, 0.3) is 0 Å². The average Bonchev–Trinajstić information content (AvgIpc) is 2.04. The molecule has 1 rings (SSSR count). The normalized spacial score (nSPS) is 11.6. The van der Waals surface area contributed by atoms with Crippen LogP contribution in [0.5, 0.6) is 0 Å². The van der Waals surface area contributed by atoms with E-state index in [0.717, 1.165) is 0 Å². The SMILES string of the molecule is CC(N)CC(=O)c1ccc(F)cc1.Cl. The summed E-state index contributed by atoms with van der Waals surface area (Å²) < 4.78 is 12.5. The molecule has 0 radical (unpaired) electrons. The van der Waals surface area contributed by atoms with Gasteiger partial charge in [0.1, 0.15) is 5.82 Å². The van der Waals surface area contributed by atoms with E-state index in [2.05, 4.69) is 0 Å². The molecule has 2 nitrogen and oxygen atoms in total. The van der Waals surface area contributed by atoms with Crippen molar-refractivity contribution in [3.05, 3.63) is 35.6 Å². The highest BCUT2D eigenvalue weighted by Gasteiger charge is 2.07. The van der Waals surface area contributed by atoms with Crippen molar-refractivity contribution in [3.63, 3.8) is 0 Å². The van der Waals surface area contributed by atoms with Crippen LogP contribution in [-0.4, -0.2) is 11.8 Å². The van der Waals surface area contributed by atoms with Crippen LogP contribution in [0.1, 0.15) is 23.7 Å². The summed E-state index contributed by atoms with van der Waals surface area (Å²) in [5.74, 6) is -0.382. The molecule has 1 unspecified atom stereocenters. The van der Waals surface area contributed by atoms with Crippen molar-refractivity contribution < 1.29 is 9.18 Å². The molecule has 1 atom stereocenters. The lowest BCUT2D eigenvalue weighted by atomic mass is 10.1. The predicted molar refractivity (Wildman–Crippen MR) is 56.2 cm³/mol. The molecule has 0 fully saturated rings. The number of rotatable bonds is 3. The summed E-state index contributed by atoms with van der Waals surface area (Å²) in [6, 6.07) is 5.33. The molecule has 0 aliphatic carbocycles. The largest absolute Gasteiger partial charge is 0.328 e. The van der Waals surface area contributed by atoms with E-state index in [4.69, 9.17) is 5.73 Å². The lowest BCUT2D eigenvalue weighted by molar-refractivity contribution is 0.0976. The van der Waals surface area contributed by atoms with Crippen molar-refractivity contribution in [2.45, 2.75) is 19.4 Å². The predicted octanol–water partition coefficient (Wildman–Crippen LogP) is 2.17. The van der Waals surface area contributed by atoms with Crippen LogP contribution in [0.2, 0.25) is 0 Å². The molecular formula is C10H13ClFNO. The van der Waals surface area contributed by atoms with Gasteiger partial charge < -0.3 is 5.73 Å². The Balaban J connectivity index is 0.00000169. The number of hydrogen-bond donors (Lipinski definition) is 1. The van der Waals surface area contributed by atoms with Crippen molar-refractivity contribution in [1.82, 2.24) is 0 Å². The van der Waals surface area contributed by atoms with Gasteiger partial charge in [-0.05, 0) is 31.2 Å². The van der Waals surface area contributed by atoms with Crippen LogP contribution in [-0.2, 0) is 0 Å². The Kier molecular flexibility index (Phi) is 5.35. The van der Waals surface area contributed by atoms with Crippen LogP contribution in [0.4, 0.5) is 4.39 Å². The highest BCUT2D eigenvalue weighted by Crippen LogP contribution is 2.06. The van der Waals surface area contributed by atoms with Crippen LogP contribution >= 0.6 is 12.4 Å². The van der Waals surface area contributed by atoms with E-state index in [9.17, 15) is 9.18 Å². The van der Waals surface area contributed by atoms with Crippen molar-refractivity contribution in [3.8, 4) is 0 Å². The summed E-state index contributed by atoms with van der Waals surface area (Å²) in [6.07, 6.45) is 0.297. The van der Waals surface area contributed by atoms with E-state index >= 15 is 0 Å². The molecule has 78 valence electrons. The minimum absolute atomic E-state index is 0. The number of benzene rings is 1. The Hall–Kier alpha value is -0.930. The number of ketones is 1. The summed E-state index contributed by atoms with van der Waals surface area (Å²) in [6.45, 7) is 1.77. The van der Waals surface area contributed by atoms with Gasteiger partial charge in [0, 0.05) is 18.0 Å². The Bertz CT molecular complexity index is 297. The van der Waals surface area contributed by atoms with Gasteiger partial charge in [0.2, 0.25) is 0 Å². The molecule has 1 aromatic rings. The molecule has 14 heavy (non-hydrogen) atoms. The fraction of sp³-hybridized carbons (Fsp3) is 0.300. The molecule has 0 aromatic heterocycles. The summed E-state index contributed by atoms with van der Waals surface area (Å²) in [5, 5.41) is 0. The average molecular weight is 218 g/mol. The molecule has 0 spiro atoms. The second kappa shape index (κ2) is 5.73. The van der Waals surface area contributed by atoms with Crippen molar-refractivity contribution in [1.29, 1.82) is 0 Å². The van der Waals surface area contributed by atoms with Gasteiger partial charge in [0.25, 0.3) is 0 Å². The molecule has 0 saturated carbocycles. The molecule has 0 amide bonds. The first kappa shape index (κ1) is 13.1. The highest BCUT2D eigenvalue weighted by molar-refractivity contribution is 5.96. The summed E-state index contributed by atoms with van der Waals surface area (Å²) in [7, 11) is 0. The molecular weight excluding hydrogens is 205 g/mol. The zero-order chi connectivity index (χ0) is 9.84. The van der Waals surface area contributed by atoms with Gasteiger partial charge in [0.15, 0.2) is 5.78 Å². The molecule has 4 heteroatoms. The Morgan fingerprint density at radius 2 is 1.93 bits per heavy atom. The number of nitrogens with two attached hydrogens (primary N) is 1. The van der Waals surface area contributed by atoms with Crippen molar-refractivity contribution >= 4 is 18.2 Å². The van der Waals surface area contributed by atoms with Crippen LogP contribution < -0.4 is 5.73 Å². The Morgan fingerprint density at radius 3 is 2.36 bits per heavy atom. The third kappa shape index (κ3) is 3.85. The molecule has 0 bridgehead atoms. The maximum Gasteiger partial charge on any atom is 0.164 e. The van der Waals surface area contributed by atoms with E-state index in [1.807, 2.05) is 0 Å². The fourth-order valence-corrected chi connectivity index (χ4v) is 1.05. The Morgan fingerprint density at radius 1 is 1.43 bits per heavy atom. The van der Waals surface area contributed by atoms with Gasteiger partial charge in [-0.3, -0.25) is 4.79 Å². The molecule has 0 aliphatic heterocycles. The lowest BCUT2D eigenvalue weighted by Crippen LogP contribution is -2.19. The number of hydrogen-bond acceptors (Lipinski definition) is 2. The van der Waals surface area contributed by atoms with E-state index < -0.39 is 0 Å². The summed E-state index contributed by atoms with van der Waals surface area (Å²) >= 11 is 0. The van der Waals surface area contributed by atoms with E-state index in [0.29, 0.717) is 12.0 Å². The number of carbonyl (C=O) groups is 1. The van der Waals surface area contributed by atoms with Gasteiger partial charge in [-0.25, -0.2) is 4.39 Å². The third-order valence-corrected chi connectivity index (χ3v) is 1.67. The first-order chi connectivity index (χ1) is 6.09. The van der Waals surface area contributed by atoms with Gasteiger partial charge in [-0.2, -0.15) is 0 Å². The van der Waals surface area contributed by atoms with E-state index in [1.165, 1.54) is 24.3 Å². The van der Waals surface area contributed by atoms with Crippen LogP contribution in [0.15, 0.2) is 24.3 Å². The number of Topliss-reactive ketones (excluding diaryl/α,β-unsaturated/α-hetero) is 1. The highest BCUT2D eigenvalue weighted by atomic mass is 35.5. The number of carbonyl (C=O) groups excluding carboxylic acids is 1. The molecule has 2 N–H and O–H groups in total. The first-order valence-corrected chi connectivity index (χ1v) is 4.14. The monoisotopic (exact) mass is 217 g/mol. The van der Waals surface area contributed by atoms with Gasteiger partial charge >= 0.3 is 0 Å².